The SMILES string of the molecule is CC1CCC(c2ccc(-c3ccc(-c4cc(F)c(C(F)(F)Oc5cc(F)c(F)c(F)c5)c(F)c4)cc3)cc2)CC1. The summed E-state index contributed by atoms with van der Waals surface area (Å²) in [6.45, 7) is 2.28. The highest BCUT2D eigenvalue weighted by atomic mass is 19.3. The van der Waals surface area contributed by atoms with Gasteiger partial charge >= 0.3 is 6.11 Å². The minimum absolute atomic E-state index is 0.00171. The lowest BCUT2D eigenvalue weighted by atomic mass is 9.79. The van der Waals surface area contributed by atoms with E-state index >= 15 is 0 Å². The Morgan fingerprint density at radius 1 is 0.600 bits per heavy atom. The van der Waals surface area contributed by atoms with Crippen LogP contribution in [0.3, 0.4) is 0 Å². The second-order valence-electron chi connectivity index (χ2n) is 10.3. The van der Waals surface area contributed by atoms with Gasteiger partial charge < -0.3 is 4.74 Å². The summed E-state index contributed by atoms with van der Waals surface area (Å²) in [6.07, 6.45) is 0.185. The van der Waals surface area contributed by atoms with E-state index < -0.39 is 46.5 Å². The molecule has 0 spiro atoms. The number of rotatable bonds is 6. The van der Waals surface area contributed by atoms with E-state index in [0.717, 1.165) is 29.2 Å². The molecule has 0 atom stereocenters. The van der Waals surface area contributed by atoms with Crippen LogP contribution in [-0.4, -0.2) is 0 Å². The van der Waals surface area contributed by atoms with E-state index in [0.29, 0.717) is 11.5 Å². The summed E-state index contributed by atoms with van der Waals surface area (Å²) in [7, 11) is 0. The predicted octanol–water partition coefficient (Wildman–Crippen LogP) is 10.1. The van der Waals surface area contributed by atoms with Crippen LogP contribution in [0.4, 0.5) is 30.7 Å². The average molecular weight is 559 g/mol. The van der Waals surface area contributed by atoms with Gasteiger partial charge in [0, 0.05) is 12.1 Å². The summed E-state index contributed by atoms with van der Waals surface area (Å²) in [5.41, 5.74) is 1.80. The van der Waals surface area contributed by atoms with Crippen molar-refractivity contribution in [2.24, 2.45) is 5.92 Å². The molecule has 0 N–H and O–H groups in total. The van der Waals surface area contributed by atoms with E-state index in [1.807, 2.05) is 12.1 Å². The average Bonchev–Trinajstić information content (AvgIpc) is 2.91. The maximum Gasteiger partial charge on any atom is 0.432 e. The summed E-state index contributed by atoms with van der Waals surface area (Å²) in [5.74, 6) is -8.53. The molecule has 1 aliphatic rings. The molecule has 8 heteroatoms. The number of halogens is 7. The van der Waals surface area contributed by atoms with Crippen molar-refractivity contribution in [3.05, 3.63) is 113 Å². The van der Waals surface area contributed by atoms with Gasteiger partial charge in [-0.15, -0.1) is 0 Å². The Bertz CT molecular complexity index is 1460. The molecule has 0 amide bonds. The molecule has 0 heterocycles. The van der Waals surface area contributed by atoms with E-state index in [4.69, 9.17) is 0 Å². The number of hydrogen-bond acceptors (Lipinski definition) is 1. The Kier molecular flexibility index (Phi) is 7.62. The smallest absolute Gasteiger partial charge is 0.429 e. The molecule has 1 aliphatic carbocycles. The quantitative estimate of drug-likeness (QED) is 0.169. The highest BCUT2D eigenvalue weighted by Gasteiger charge is 2.41. The van der Waals surface area contributed by atoms with Crippen molar-refractivity contribution in [3.63, 3.8) is 0 Å². The third kappa shape index (κ3) is 5.71. The summed E-state index contributed by atoms with van der Waals surface area (Å²) in [5, 5.41) is 0. The van der Waals surface area contributed by atoms with E-state index in [1.54, 1.807) is 24.3 Å². The maximum atomic E-state index is 14.8. The molecule has 40 heavy (non-hydrogen) atoms. The molecular weight excluding hydrogens is 533 g/mol. The molecular formula is C32H25F7O. The molecule has 0 aliphatic heterocycles. The molecule has 1 saturated carbocycles. The van der Waals surface area contributed by atoms with Crippen LogP contribution in [0.1, 0.15) is 49.7 Å². The maximum absolute atomic E-state index is 14.8. The highest BCUT2D eigenvalue weighted by molar-refractivity contribution is 5.71. The van der Waals surface area contributed by atoms with Gasteiger partial charge in [-0.25, -0.2) is 22.0 Å². The van der Waals surface area contributed by atoms with Crippen molar-refractivity contribution in [3.8, 4) is 28.0 Å². The lowest BCUT2D eigenvalue weighted by molar-refractivity contribution is -0.189. The molecule has 0 bridgehead atoms. The Hall–Kier alpha value is -3.81. The largest absolute Gasteiger partial charge is 0.432 e. The Balaban J connectivity index is 1.34. The van der Waals surface area contributed by atoms with Crippen LogP contribution in [-0.2, 0) is 6.11 Å². The van der Waals surface area contributed by atoms with Crippen molar-refractivity contribution < 1.29 is 35.5 Å². The van der Waals surface area contributed by atoms with Gasteiger partial charge in [0.1, 0.15) is 22.9 Å². The third-order valence-electron chi connectivity index (χ3n) is 7.49. The third-order valence-corrected chi connectivity index (χ3v) is 7.49. The summed E-state index contributed by atoms with van der Waals surface area (Å²) in [6, 6.07) is 16.9. The highest BCUT2D eigenvalue weighted by Crippen LogP contribution is 2.39. The van der Waals surface area contributed by atoms with Gasteiger partial charge in [0.05, 0.1) is 0 Å². The molecule has 4 aromatic rings. The fourth-order valence-electron chi connectivity index (χ4n) is 5.20. The topological polar surface area (TPSA) is 9.23 Å². The van der Waals surface area contributed by atoms with Crippen LogP contribution in [0.2, 0.25) is 0 Å². The number of alkyl halides is 2. The standard InChI is InChI=1S/C32H25F7O/c1-18-2-4-19(5-3-18)20-6-8-21(9-7-20)22-10-12-23(13-11-22)24-14-26(33)30(27(34)15-24)32(38,39)40-25-16-28(35)31(37)29(36)17-25/h6-19H,2-5H2,1H3. The monoisotopic (exact) mass is 558 g/mol. The first kappa shape index (κ1) is 27.7. The molecule has 1 nitrogen and oxygen atoms in total. The van der Waals surface area contributed by atoms with Crippen LogP contribution in [0, 0.1) is 35.0 Å². The van der Waals surface area contributed by atoms with Crippen molar-refractivity contribution in [1.82, 2.24) is 0 Å². The van der Waals surface area contributed by atoms with Crippen molar-refractivity contribution in [2.75, 3.05) is 0 Å². The summed E-state index contributed by atoms with van der Waals surface area (Å²) in [4.78, 5) is 0. The van der Waals surface area contributed by atoms with E-state index in [9.17, 15) is 30.7 Å². The van der Waals surface area contributed by atoms with Crippen molar-refractivity contribution >= 4 is 0 Å². The minimum atomic E-state index is -4.64. The second-order valence-corrected chi connectivity index (χ2v) is 10.3. The zero-order valence-electron chi connectivity index (χ0n) is 21.5. The summed E-state index contributed by atoms with van der Waals surface area (Å²) >= 11 is 0. The van der Waals surface area contributed by atoms with Gasteiger partial charge in [-0.2, -0.15) is 8.78 Å². The number of hydrogen-bond donors (Lipinski definition) is 0. The zero-order valence-corrected chi connectivity index (χ0v) is 21.5. The van der Waals surface area contributed by atoms with E-state index in [-0.39, 0.29) is 17.7 Å². The van der Waals surface area contributed by atoms with Gasteiger partial charge in [-0.3, -0.25) is 0 Å². The molecule has 1 fully saturated rings. The molecule has 0 saturated heterocycles. The predicted molar refractivity (Wildman–Crippen MR) is 138 cm³/mol. The zero-order chi connectivity index (χ0) is 28.6. The Morgan fingerprint density at radius 3 is 1.55 bits per heavy atom. The van der Waals surface area contributed by atoms with Crippen LogP contribution >= 0.6 is 0 Å². The molecule has 5 rings (SSSR count). The molecule has 0 unspecified atom stereocenters. The first-order valence-electron chi connectivity index (χ1n) is 12.9. The van der Waals surface area contributed by atoms with Crippen LogP contribution in [0.25, 0.3) is 22.3 Å². The van der Waals surface area contributed by atoms with Crippen molar-refractivity contribution in [2.45, 2.75) is 44.6 Å². The van der Waals surface area contributed by atoms with Crippen LogP contribution in [0.5, 0.6) is 5.75 Å². The second kappa shape index (κ2) is 11.0. The molecule has 0 aromatic heterocycles. The van der Waals surface area contributed by atoms with E-state index in [1.165, 1.54) is 31.2 Å². The van der Waals surface area contributed by atoms with Crippen molar-refractivity contribution in [1.29, 1.82) is 0 Å². The Morgan fingerprint density at radius 2 is 1.05 bits per heavy atom. The first-order valence-corrected chi connectivity index (χ1v) is 12.9. The number of ether oxygens (including phenoxy) is 1. The molecule has 0 radical (unpaired) electrons. The molecule has 4 aromatic carbocycles. The normalized spacial score (nSPS) is 17.6. The van der Waals surface area contributed by atoms with Crippen LogP contribution < -0.4 is 4.74 Å². The summed E-state index contributed by atoms with van der Waals surface area (Å²) < 4.78 is 103. The van der Waals surface area contributed by atoms with Gasteiger partial charge in [-0.05, 0) is 64.6 Å². The fourth-order valence-corrected chi connectivity index (χ4v) is 5.20. The lowest BCUT2D eigenvalue weighted by Gasteiger charge is -2.26. The fraction of sp³-hybridized carbons (Fsp3) is 0.250. The van der Waals surface area contributed by atoms with Gasteiger partial charge in [0.2, 0.25) is 0 Å². The first-order chi connectivity index (χ1) is 19.0. The molecule has 208 valence electrons. The van der Waals surface area contributed by atoms with Crippen LogP contribution in [0.15, 0.2) is 72.8 Å². The Labute approximate surface area is 227 Å². The van der Waals surface area contributed by atoms with Gasteiger partial charge in [-0.1, -0.05) is 68.3 Å². The van der Waals surface area contributed by atoms with Gasteiger partial charge in [0.25, 0.3) is 0 Å². The lowest BCUT2D eigenvalue weighted by Crippen LogP contribution is -2.25. The number of benzene rings is 4. The van der Waals surface area contributed by atoms with E-state index in [2.05, 4.69) is 23.8 Å². The minimum Gasteiger partial charge on any atom is -0.429 e. The van der Waals surface area contributed by atoms with Gasteiger partial charge in [0.15, 0.2) is 17.5 Å².